The van der Waals surface area contributed by atoms with E-state index in [1.54, 1.807) is 7.11 Å². The first-order valence-electron chi connectivity index (χ1n) is 7.70. The van der Waals surface area contributed by atoms with Crippen molar-refractivity contribution in [2.45, 2.75) is 32.4 Å². The molecule has 0 radical (unpaired) electrons. The van der Waals surface area contributed by atoms with Crippen LogP contribution in [0.4, 0.5) is 0 Å². The summed E-state index contributed by atoms with van der Waals surface area (Å²) in [5.41, 5.74) is 0.647. The van der Waals surface area contributed by atoms with Gasteiger partial charge in [-0.2, -0.15) is 0 Å². The summed E-state index contributed by atoms with van der Waals surface area (Å²) in [4.78, 5) is 16.9. The van der Waals surface area contributed by atoms with Crippen LogP contribution in [0, 0.1) is 0 Å². The summed E-state index contributed by atoms with van der Waals surface area (Å²) in [5, 5.41) is 0. The van der Waals surface area contributed by atoms with Gasteiger partial charge < -0.3 is 9.64 Å². The molecule has 116 valence electrons. The van der Waals surface area contributed by atoms with E-state index in [1.807, 2.05) is 24.8 Å². The van der Waals surface area contributed by atoms with Gasteiger partial charge in [-0.3, -0.25) is 9.69 Å². The normalized spacial score (nSPS) is 19.3. The van der Waals surface area contributed by atoms with Crippen LogP contribution >= 0.6 is 0 Å². The highest BCUT2D eigenvalue weighted by Crippen LogP contribution is 2.19. The lowest BCUT2D eigenvalue weighted by Gasteiger charge is -2.39. The zero-order valence-electron chi connectivity index (χ0n) is 13.3. The van der Waals surface area contributed by atoms with E-state index in [1.165, 1.54) is 5.56 Å². The topological polar surface area (TPSA) is 32.8 Å². The Hall–Kier alpha value is -1.39. The lowest BCUT2D eigenvalue weighted by Crippen LogP contribution is -2.55. The lowest BCUT2D eigenvalue weighted by molar-refractivity contribution is -0.155. The van der Waals surface area contributed by atoms with Crippen molar-refractivity contribution in [1.29, 1.82) is 0 Å². The number of benzene rings is 1. The molecular weight excluding hydrogens is 264 g/mol. The number of amides is 1. The smallest absolute Gasteiger partial charge is 0.254 e. The highest BCUT2D eigenvalue weighted by Gasteiger charge is 2.36. The Kier molecular flexibility index (Phi) is 5.37. The van der Waals surface area contributed by atoms with E-state index >= 15 is 0 Å². The maximum absolute atomic E-state index is 12.5. The Labute approximate surface area is 127 Å². The van der Waals surface area contributed by atoms with Gasteiger partial charge in [0.05, 0.1) is 0 Å². The van der Waals surface area contributed by atoms with E-state index in [0.717, 1.165) is 32.7 Å². The highest BCUT2D eigenvalue weighted by molar-refractivity contribution is 5.84. The fraction of sp³-hybridized carbons (Fsp3) is 0.588. The summed E-state index contributed by atoms with van der Waals surface area (Å²) in [5.74, 6) is 0.117. The Morgan fingerprint density at radius 2 is 1.81 bits per heavy atom. The van der Waals surface area contributed by atoms with Crippen LogP contribution in [0.25, 0.3) is 0 Å². The molecule has 1 unspecified atom stereocenters. The molecule has 4 heteroatoms. The summed E-state index contributed by atoms with van der Waals surface area (Å²) < 4.78 is 5.42. The molecule has 0 aliphatic carbocycles. The van der Waals surface area contributed by atoms with Crippen LogP contribution in [0.3, 0.4) is 0 Å². The monoisotopic (exact) mass is 290 g/mol. The summed E-state index contributed by atoms with van der Waals surface area (Å²) in [6, 6.07) is 10.5. The second kappa shape index (κ2) is 7.05. The van der Waals surface area contributed by atoms with Gasteiger partial charge in [0.15, 0.2) is 0 Å². The minimum Gasteiger partial charge on any atom is -0.369 e. The van der Waals surface area contributed by atoms with Crippen molar-refractivity contribution in [3.8, 4) is 0 Å². The van der Waals surface area contributed by atoms with Crippen molar-refractivity contribution in [2.24, 2.45) is 0 Å². The minimum absolute atomic E-state index is 0.117. The van der Waals surface area contributed by atoms with Crippen LogP contribution in [0.2, 0.25) is 0 Å². The molecule has 1 aliphatic rings. The second-order valence-corrected chi connectivity index (χ2v) is 5.84. The highest BCUT2D eigenvalue weighted by atomic mass is 16.5. The van der Waals surface area contributed by atoms with E-state index < -0.39 is 5.60 Å². The molecule has 1 heterocycles. The molecule has 2 rings (SSSR count). The maximum Gasteiger partial charge on any atom is 0.254 e. The third-order valence-electron chi connectivity index (χ3n) is 4.49. The van der Waals surface area contributed by atoms with Crippen LogP contribution in [0.1, 0.15) is 25.8 Å². The number of hydrogen-bond acceptors (Lipinski definition) is 3. The van der Waals surface area contributed by atoms with Crippen molar-refractivity contribution in [3.63, 3.8) is 0 Å². The molecule has 0 N–H and O–H groups in total. The molecule has 21 heavy (non-hydrogen) atoms. The van der Waals surface area contributed by atoms with Gasteiger partial charge in [0.25, 0.3) is 5.91 Å². The number of ether oxygens (including phenoxy) is 1. The standard InChI is InChI=1S/C17H26N2O2/c1-4-17(2,21-3)16(20)19-12-10-18(11-13-19)14-15-8-6-5-7-9-15/h5-9H,4,10-14H2,1-3H3. The quantitative estimate of drug-likeness (QED) is 0.833. The van der Waals surface area contributed by atoms with Crippen molar-refractivity contribution in [3.05, 3.63) is 35.9 Å². The number of carbonyl (C=O) groups is 1. The number of hydrogen-bond donors (Lipinski definition) is 0. The van der Waals surface area contributed by atoms with Gasteiger partial charge >= 0.3 is 0 Å². The Morgan fingerprint density at radius 3 is 2.33 bits per heavy atom. The Balaban J connectivity index is 1.87. The van der Waals surface area contributed by atoms with E-state index in [9.17, 15) is 4.79 Å². The van der Waals surface area contributed by atoms with Crippen molar-refractivity contribution < 1.29 is 9.53 Å². The number of rotatable bonds is 5. The Morgan fingerprint density at radius 1 is 1.19 bits per heavy atom. The summed E-state index contributed by atoms with van der Waals surface area (Å²) in [6.45, 7) is 8.24. The van der Waals surface area contributed by atoms with Crippen molar-refractivity contribution in [1.82, 2.24) is 9.80 Å². The van der Waals surface area contributed by atoms with Gasteiger partial charge in [-0.15, -0.1) is 0 Å². The molecule has 4 nitrogen and oxygen atoms in total. The van der Waals surface area contributed by atoms with Gasteiger partial charge in [0.1, 0.15) is 5.60 Å². The number of nitrogens with zero attached hydrogens (tertiary/aromatic N) is 2. The number of methoxy groups -OCH3 is 1. The first-order valence-corrected chi connectivity index (χ1v) is 7.70. The number of carbonyl (C=O) groups excluding carboxylic acids is 1. The molecule has 0 spiro atoms. The van der Waals surface area contributed by atoms with E-state index in [4.69, 9.17) is 4.74 Å². The molecule has 1 amide bonds. The largest absolute Gasteiger partial charge is 0.369 e. The molecule has 1 fully saturated rings. The number of piperazine rings is 1. The predicted octanol–water partition coefficient (Wildman–Crippen LogP) is 2.15. The zero-order chi connectivity index (χ0) is 15.3. The summed E-state index contributed by atoms with van der Waals surface area (Å²) in [6.07, 6.45) is 0.701. The van der Waals surface area contributed by atoms with Gasteiger partial charge in [-0.1, -0.05) is 37.3 Å². The van der Waals surface area contributed by atoms with Crippen LogP contribution in [-0.2, 0) is 16.1 Å². The maximum atomic E-state index is 12.5. The molecule has 0 saturated carbocycles. The van der Waals surface area contributed by atoms with E-state index in [2.05, 4.69) is 29.2 Å². The van der Waals surface area contributed by atoms with Crippen LogP contribution in [0.15, 0.2) is 30.3 Å². The fourth-order valence-electron chi connectivity index (χ4n) is 2.67. The summed E-state index contributed by atoms with van der Waals surface area (Å²) >= 11 is 0. The molecule has 1 atom stereocenters. The van der Waals surface area contributed by atoms with E-state index in [-0.39, 0.29) is 5.91 Å². The summed E-state index contributed by atoms with van der Waals surface area (Å²) in [7, 11) is 1.62. The molecule has 1 aromatic carbocycles. The van der Waals surface area contributed by atoms with Crippen molar-refractivity contribution in [2.75, 3.05) is 33.3 Å². The first-order chi connectivity index (χ1) is 10.1. The fourth-order valence-corrected chi connectivity index (χ4v) is 2.67. The average Bonchev–Trinajstić information content (AvgIpc) is 2.55. The molecule has 1 aliphatic heterocycles. The van der Waals surface area contributed by atoms with Crippen LogP contribution < -0.4 is 0 Å². The van der Waals surface area contributed by atoms with Gasteiger partial charge in [-0.05, 0) is 18.9 Å². The SMILES string of the molecule is CCC(C)(OC)C(=O)N1CCN(Cc2ccccc2)CC1. The first kappa shape index (κ1) is 16.0. The average molecular weight is 290 g/mol. The van der Waals surface area contributed by atoms with Crippen molar-refractivity contribution >= 4 is 5.91 Å². The Bertz CT molecular complexity index is 449. The van der Waals surface area contributed by atoms with E-state index in [0.29, 0.717) is 6.42 Å². The molecule has 1 saturated heterocycles. The molecule has 0 bridgehead atoms. The predicted molar refractivity (Wildman–Crippen MR) is 84.0 cm³/mol. The lowest BCUT2D eigenvalue weighted by atomic mass is 10.0. The van der Waals surface area contributed by atoms with Gasteiger partial charge in [0.2, 0.25) is 0 Å². The molecular formula is C17H26N2O2. The zero-order valence-corrected chi connectivity index (χ0v) is 13.3. The molecule has 0 aromatic heterocycles. The van der Waals surface area contributed by atoms with Crippen LogP contribution in [-0.4, -0.2) is 54.6 Å². The second-order valence-electron chi connectivity index (χ2n) is 5.84. The third-order valence-corrected chi connectivity index (χ3v) is 4.49. The third kappa shape index (κ3) is 3.83. The van der Waals surface area contributed by atoms with Gasteiger partial charge in [0, 0.05) is 39.8 Å². The molecule has 1 aromatic rings. The van der Waals surface area contributed by atoms with Crippen LogP contribution in [0.5, 0.6) is 0 Å². The van der Waals surface area contributed by atoms with Gasteiger partial charge in [-0.25, -0.2) is 0 Å². The minimum atomic E-state index is -0.679.